The number of hydrogen-bond donors (Lipinski definition) is 2. The van der Waals surface area contributed by atoms with E-state index in [-0.39, 0.29) is 12.6 Å². The van der Waals surface area contributed by atoms with Crippen LogP contribution < -0.4 is 5.32 Å². The fourth-order valence-electron chi connectivity index (χ4n) is 2.33. The van der Waals surface area contributed by atoms with Gasteiger partial charge >= 0.3 is 0 Å². The molecule has 3 heteroatoms. The second-order valence-corrected chi connectivity index (χ2v) is 5.03. The van der Waals surface area contributed by atoms with Crippen molar-refractivity contribution in [3.63, 3.8) is 0 Å². The van der Waals surface area contributed by atoms with Gasteiger partial charge in [-0.05, 0) is 44.5 Å². The highest BCUT2D eigenvalue weighted by molar-refractivity contribution is 5.40. The van der Waals surface area contributed by atoms with Crippen LogP contribution in [-0.4, -0.2) is 22.3 Å². The molecular formula is C16H22N2O. The Hall–Kier alpha value is -1.58. The van der Waals surface area contributed by atoms with E-state index >= 15 is 0 Å². The molecule has 2 aromatic rings. The summed E-state index contributed by atoms with van der Waals surface area (Å²) in [6, 6.07) is 12.7. The maximum absolute atomic E-state index is 9.05. The predicted molar refractivity (Wildman–Crippen MR) is 78.6 cm³/mol. The smallest absolute Gasteiger partial charge is 0.0582 e. The molecule has 1 aromatic heterocycles. The van der Waals surface area contributed by atoms with Crippen molar-refractivity contribution < 1.29 is 5.11 Å². The second-order valence-electron chi connectivity index (χ2n) is 5.03. The summed E-state index contributed by atoms with van der Waals surface area (Å²) in [5.74, 6) is 0. The largest absolute Gasteiger partial charge is 0.395 e. The van der Waals surface area contributed by atoms with Gasteiger partial charge in [-0.2, -0.15) is 0 Å². The van der Waals surface area contributed by atoms with Crippen LogP contribution in [0.4, 0.5) is 0 Å². The van der Waals surface area contributed by atoms with E-state index in [0.29, 0.717) is 0 Å². The molecule has 0 spiro atoms. The molecule has 3 nitrogen and oxygen atoms in total. The van der Waals surface area contributed by atoms with Gasteiger partial charge in [0.05, 0.1) is 6.61 Å². The lowest BCUT2D eigenvalue weighted by Crippen LogP contribution is -2.28. The maximum atomic E-state index is 9.05. The minimum atomic E-state index is 0.125. The van der Waals surface area contributed by atoms with Crippen molar-refractivity contribution >= 4 is 0 Å². The zero-order valence-electron chi connectivity index (χ0n) is 11.9. The van der Waals surface area contributed by atoms with Crippen LogP contribution in [-0.2, 0) is 6.54 Å². The highest BCUT2D eigenvalue weighted by Gasteiger charge is 2.10. The van der Waals surface area contributed by atoms with Crippen LogP contribution in [0.15, 0.2) is 36.4 Å². The van der Waals surface area contributed by atoms with Crippen molar-refractivity contribution in [1.82, 2.24) is 9.88 Å². The van der Waals surface area contributed by atoms with Crippen molar-refractivity contribution in [1.29, 1.82) is 0 Å². The van der Waals surface area contributed by atoms with E-state index < -0.39 is 0 Å². The van der Waals surface area contributed by atoms with Crippen molar-refractivity contribution in [3.05, 3.63) is 53.3 Å². The minimum absolute atomic E-state index is 0.125. The van der Waals surface area contributed by atoms with Gasteiger partial charge in [-0.1, -0.05) is 18.2 Å². The Kier molecular flexibility index (Phi) is 4.40. The first-order valence-electron chi connectivity index (χ1n) is 6.71. The molecule has 2 N–H and O–H groups in total. The lowest BCUT2D eigenvalue weighted by Gasteiger charge is -2.12. The molecule has 2 rings (SSSR count). The Morgan fingerprint density at radius 1 is 1.21 bits per heavy atom. The average Bonchev–Trinajstić information content (AvgIpc) is 2.71. The number of aryl methyl sites for hydroxylation is 1. The number of benzene rings is 1. The van der Waals surface area contributed by atoms with E-state index in [4.69, 9.17) is 5.11 Å². The molecule has 1 aromatic carbocycles. The summed E-state index contributed by atoms with van der Waals surface area (Å²) in [5.41, 5.74) is 4.96. The monoisotopic (exact) mass is 258 g/mol. The van der Waals surface area contributed by atoms with E-state index in [0.717, 1.165) is 6.54 Å². The van der Waals surface area contributed by atoms with Gasteiger partial charge in [0.2, 0.25) is 0 Å². The minimum Gasteiger partial charge on any atom is -0.395 e. The van der Waals surface area contributed by atoms with Crippen molar-refractivity contribution in [2.45, 2.75) is 33.4 Å². The summed E-state index contributed by atoms with van der Waals surface area (Å²) in [6.07, 6.45) is 0. The molecule has 0 radical (unpaired) electrons. The van der Waals surface area contributed by atoms with Gasteiger partial charge in [0.25, 0.3) is 0 Å². The quantitative estimate of drug-likeness (QED) is 0.865. The van der Waals surface area contributed by atoms with Gasteiger partial charge in [-0.3, -0.25) is 0 Å². The van der Waals surface area contributed by atoms with Gasteiger partial charge in [0, 0.05) is 29.7 Å². The Morgan fingerprint density at radius 3 is 2.53 bits per heavy atom. The number of rotatable bonds is 5. The average molecular weight is 258 g/mol. The molecule has 102 valence electrons. The first-order valence-corrected chi connectivity index (χ1v) is 6.71. The van der Waals surface area contributed by atoms with Crippen LogP contribution in [0, 0.1) is 13.8 Å². The Morgan fingerprint density at radius 2 is 1.89 bits per heavy atom. The summed E-state index contributed by atoms with van der Waals surface area (Å²) >= 11 is 0. The molecule has 0 aliphatic rings. The molecule has 0 fully saturated rings. The standard InChI is InChI=1S/C16H22N2O/c1-12(11-19)17-10-15-9-13(2)18(14(15)3)16-7-5-4-6-8-16/h4-9,12,17,19H,10-11H2,1-3H3. The van der Waals surface area contributed by atoms with Crippen LogP contribution >= 0.6 is 0 Å². The normalized spacial score (nSPS) is 12.6. The lowest BCUT2D eigenvalue weighted by atomic mass is 10.2. The van der Waals surface area contributed by atoms with E-state index in [1.807, 2.05) is 13.0 Å². The molecule has 0 saturated heterocycles. The van der Waals surface area contributed by atoms with Gasteiger partial charge in [0.1, 0.15) is 0 Å². The molecule has 0 aliphatic carbocycles. The number of hydrogen-bond acceptors (Lipinski definition) is 2. The molecule has 1 heterocycles. The van der Waals surface area contributed by atoms with Gasteiger partial charge in [-0.15, -0.1) is 0 Å². The Bertz CT molecular complexity index is 531. The number of aliphatic hydroxyl groups excluding tert-OH is 1. The number of nitrogens with zero attached hydrogens (tertiary/aromatic N) is 1. The third-order valence-corrected chi connectivity index (χ3v) is 3.47. The molecular weight excluding hydrogens is 236 g/mol. The van der Waals surface area contributed by atoms with Crippen molar-refractivity contribution in [2.75, 3.05) is 6.61 Å². The SMILES string of the molecule is Cc1cc(CNC(C)CO)c(C)n1-c1ccccc1. The number of aliphatic hydroxyl groups is 1. The van der Waals surface area contributed by atoms with Crippen molar-refractivity contribution in [2.24, 2.45) is 0 Å². The molecule has 1 atom stereocenters. The zero-order valence-corrected chi connectivity index (χ0v) is 11.9. The van der Waals surface area contributed by atoms with E-state index in [2.05, 4.69) is 54.1 Å². The van der Waals surface area contributed by atoms with Crippen LogP contribution in [0.5, 0.6) is 0 Å². The molecule has 0 amide bonds. The van der Waals surface area contributed by atoms with Gasteiger partial charge in [-0.25, -0.2) is 0 Å². The maximum Gasteiger partial charge on any atom is 0.0582 e. The zero-order chi connectivity index (χ0) is 13.8. The first-order chi connectivity index (χ1) is 9.13. The molecule has 0 bridgehead atoms. The van der Waals surface area contributed by atoms with Crippen LogP contribution in [0.1, 0.15) is 23.9 Å². The topological polar surface area (TPSA) is 37.2 Å². The molecule has 19 heavy (non-hydrogen) atoms. The lowest BCUT2D eigenvalue weighted by molar-refractivity contribution is 0.251. The van der Waals surface area contributed by atoms with E-state index in [1.54, 1.807) is 0 Å². The summed E-state index contributed by atoms with van der Waals surface area (Å²) in [5, 5.41) is 12.4. The number of nitrogens with one attached hydrogen (secondary N) is 1. The Balaban J connectivity index is 2.25. The van der Waals surface area contributed by atoms with E-state index in [1.165, 1.54) is 22.6 Å². The third kappa shape index (κ3) is 3.06. The summed E-state index contributed by atoms with van der Waals surface area (Å²) in [4.78, 5) is 0. The second kappa shape index (κ2) is 6.04. The van der Waals surface area contributed by atoms with Gasteiger partial charge in [0.15, 0.2) is 0 Å². The van der Waals surface area contributed by atoms with Crippen LogP contribution in [0.25, 0.3) is 5.69 Å². The highest BCUT2D eigenvalue weighted by atomic mass is 16.3. The van der Waals surface area contributed by atoms with E-state index in [9.17, 15) is 0 Å². The molecule has 0 saturated carbocycles. The summed E-state index contributed by atoms with van der Waals surface area (Å²) < 4.78 is 2.26. The summed E-state index contributed by atoms with van der Waals surface area (Å²) in [7, 11) is 0. The Labute approximate surface area is 114 Å². The molecule has 0 aliphatic heterocycles. The first kappa shape index (κ1) is 13.8. The predicted octanol–water partition coefficient (Wildman–Crippen LogP) is 2.56. The number of aromatic nitrogens is 1. The van der Waals surface area contributed by atoms with Crippen LogP contribution in [0.3, 0.4) is 0 Å². The number of para-hydroxylation sites is 1. The molecule has 1 unspecified atom stereocenters. The third-order valence-electron chi connectivity index (χ3n) is 3.47. The fourth-order valence-corrected chi connectivity index (χ4v) is 2.33. The van der Waals surface area contributed by atoms with Gasteiger partial charge < -0.3 is 15.0 Å². The highest BCUT2D eigenvalue weighted by Crippen LogP contribution is 2.20. The van der Waals surface area contributed by atoms with Crippen LogP contribution in [0.2, 0.25) is 0 Å². The summed E-state index contributed by atoms with van der Waals surface area (Å²) in [6.45, 7) is 7.20. The fraction of sp³-hybridized carbons (Fsp3) is 0.375. The van der Waals surface area contributed by atoms with Crippen molar-refractivity contribution in [3.8, 4) is 5.69 Å².